The lowest BCUT2D eigenvalue weighted by Gasteiger charge is -1.99. The van der Waals surface area contributed by atoms with Crippen LogP contribution in [0.5, 0.6) is 0 Å². The molecule has 0 amide bonds. The highest BCUT2D eigenvalue weighted by atomic mass is 32.2. The van der Waals surface area contributed by atoms with Crippen molar-refractivity contribution in [2.24, 2.45) is 0 Å². The van der Waals surface area contributed by atoms with E-state index in [4.69, 9.17) is 0 Å². The van der Waals surface area contributed by atoms with Crippen molar-refractivity contribution in [3.63, 3.8) is 0 Å². The molecule has 0 heterocycles. The van der Waals surface area contributed by atoms with Crippen LogP contribution in [-0.4, -0.2) is 23.7 Å². The van der Waals surface area contributed by atoms with Crippen LogP contribution in [0.1, 0.15) is 6.92 Å². The third kappa shape index (κ3) is 6.37. The van der Waals surface area contributed by atoms with E-state index in [2.05, 4.69) is 6.92 Å². The van der Waals surface area contributed by atoms with E-state index in [1.807, 2.05) is 0 Å². The summed E-state index contributed by atoms with van der Waals surface area (Å²) < 4.78 is 10.3. The van der Waals surface area contributed by atoms with Crippen LogP contribution in [0, 0.1) is 0 Å². The van der Waals surface area contributed by atoms with Crippen LogP contribution in [-0.2, 0) is 11.2 Å². The lowest BCUT2D eigenvalue weighted by Crippen LogP contribution is -2.08. The minimum absolute atomic E-state index is 0.565. The summed E-state index contributed by atoms with van der Waals surface area (Å²) >= 11 is -0.565. The van der Waals surface area contributed by atoms with Crippen molar-refractivity contribution in [1.29, 1.82) is 0 Å². The summed E-state index contributed by atoms with van der Waals surface area (Å²) in [5.74, 6) is 0. The second-order valence-corrected chi connectivity index (χ2v) is 3.19. The highest BCUT2D eigenvalue weighted by Crippen LogP contribution is 1.82. The molecule has 1 atom stereocenters. The highest BCUT2D eigenvalue weighted by Gasteiger charge is 1.94. The van der Waals surface area contributed by atoms with E-state index in [0.717, 1.165) is 19.3 Å². The zero-order valence-corrected chi connectivity index (χ0v) is 5.75. The summed E-state index contributed by atoms with van der Waals surface area (Å²) in [5, 5.41) is 0. The minimum atomic E-state index is -0.565. The van der Waals surface area contributed by atoms with Crippen LogP contribution in [0.25, 0.3) is 0 Å². The van der Waals surface area contributed by atoms with E-state index < -0.39 is 11.2 Å². The van der Waals surface area contributed by atoms with Gasteiger partial charge in [-0.25, -0.2) is 0 Å². The molecule has 0 aliphatic rings. The van der Waals surface area contributed by atoms with Crippen molar-refractivity contribution in [2.45, 2.75) is 13.2 Å². The second kappa shape index (κ2) is 4.53. The van der Waals surface area contributed by atoms with E-state index in [0.29, 0.717) is 0 Å². The fourth-order valence-corrected chi connectivity index (χ4v) is 1.04. The number of hydrogen-bond donors (Lipinski definition) is 0. The Balaban J connectivity index is 2.68. The van der Waals surface area contributed by atoms with Gasteiger partial charge >= 0.3 is 0 Å². The third-order valence-electron chi connectivity index (χ3n) is 0.785. The zero-order chi connectivity index (χ0) is 5.70. The van der Waals surface area contributed by atoms with Crippen molar-refractivity contribution in [3.8, 4) is 0 Å². The monoisotopic (exact) mass is 118 g/mol. The van der Waals surface area contributed by atoms with Gasteiger partial charge in [-0.1, -0.05) is 24.4 Å². The Kier molecular flexibility index (Phi) is 4.77. The fourth-order valence-electron chi connectivity index (χ4n) is 0.348. The van der Waals surface area contributed by atoms with E-state index in [9.17, 15) is 4.55 Å². The molecule has 0 spiro atoms. The third-order valence-corrected chi connectivity index (χ3v) is 1.65. The molecule has 0 aromatic heterocycles. The first-order valence-electron chi connectivity index (χ1n) is 2.57. The topological polar surface area (TPSA) is 23.1 Å². The molecule has 1 unspecified atom stereocenters. The summed E-state index contributed by atoms with van der Waals surface area (Å²) in [6, 6.07) is 0. The largest absolute Gasteiger partial charge is 0.617 e. The molecule has 0 bridgehead atoms. The first-order chi connectivity index (χ1) is 3.27. The fraction of sp³-hybridized carbons (Fsp3) is 1.00. The quantitative estimate of drug-likeness (QED) is 0.383. The molecule has 0 saturated carbocycles. The van der Waals surface area contributed by atoms with Gasteiger partial charge in [-0.2, -0.15) is 0 Å². The van der Waals surface area contributed by atoms with Gasteiger partial charge in [0, 0.05) is 0 Å². The van der Waals surface area contributed by atoms with Gasteiger partial charge < -0.3 is 4.55 Å². The molecule has 0 aliphatic carbocycles. The Morgan fingerprint density at radius 2 is 2.29 bits per heavy atom. The van der Waals surface area contributed by atoms with Gasteiger partial charge in [-0.15, -0.1) is 0 Å². The maximum atomic E-state index is 10.3. The van der Waals surface area contributed by atoms with Crippen LogP contribution in [0.15, 0.2) is 0 Å². The number of hydrogen-bond acceptors (Lipinski definition) is 1. The first-order valence-corrected chi connectivity index (χ1v) is 4.30. The molecule has 0 aromatic carbocycles. The van der Waals surface area contributed by atoms with Crippen molar-refractivity contribution in [2.75, 3.05) is 11.9 Å². The molecule has 0 N–H and O–H groups in total. The molecule has 42 valence electrons. The molecule has 1 nitrogen and oxygen atoms in total. The van der Waals surface area contributed by atoms with Crippen molar-refractivity contribution in [1.82, 2.24) is 0 Å². The number of rotatable bonds is 3. The summed E-state index contributed by atoms with van der Waals surface area (Å²) in [4.78, 5) is 0. The van der Waals surface area contributed by atoms with Gasteiger partial charge in [0.25, 0.3) is 0 Å². The van der Waals surface area contributed by atoms with E-state index in [1.165, 1.54) is 0 Å². The standard InChI is InChI=1S/C4H11BOS/c1-3-5-4-7(2)6/h5H,3-4H2,1-2H3. The van der Waals surface area contributed by atoms with Crippen molar-refractivity contribution in [3.05, 3.63) is 0 Å². The predicted octanol–water partition coefficient (Wildman–Crippen LogP) is 0.197. The molecule has 3 heteroatoms. The molecule has 0 rings (SSSR count). The van der Waals surface area contributed by atoms with Crippen LogP contribution < -0.4 is 0 Å². The smallest absolute Gasteiger partial charge is 0.184 e. The predicted molar refractivity (Wildman–Crippen MR) is 36.6 cm³/mol. The normalized spacial score (nSPS) is 13.6. The maximum absolute atomic E-state index is 10.3. The average Bonchev–Trinajstić information content (AvgIpc) is 1.61. The first kappa shape index (κ1) is 7.37. The molecule has 0 aromatic rings. The Morgan fingerprint density at radius 1 is 1.71 bits per heavy atom. The zero-order valence-electron chi connectivity index (χ0n) is 4.94. The lowest BCUT2D eigenvalue weighted by atomic mass is 9.79. The molecule has 7 heavy (non-hydrogen) atoms. The van der Waals surface area contributed by atoms with E-state index in [-0.39, 0.29) is 0 Å². The van der Waals surface area contributed by atoms with E-state index in [1.54, 1.807) is 6.26 Å². The Bertz CT molecular complexity index is 40.7. The summed E-state index contributed by atoms with van der Waals surface area (Å²) in [6.45, 7) is 2.10. The average molecular weight is 118 g/mol. The molecule has 0 saturated heterocycles. The Labute approximate surface area is 48.9 Å². The molecular formula is C4H11BOS. The molecule has 0 aliphatic heterocycles. The van der Waals surface area contributed by atoms with Gasteiger partial charge in [-0.05, 0) is 0 Å². The minimum Gasteiger partial charge on any atom is -0.617 e. The van der Waals surface area contributed by atoms with Crippen LogP contribution in [0.4, 0.5) is 0 Å². The SMILES string of the molecule is CCBC[S+](C)[O-]. The molecule has 0 fully saturated rings. The highest BCUT2D eigenvalue weighted by molar-refractivity contribution is 7.91. The Morgan fingerprint density at radius 3 is 2.43 bits per heavy atom. The summed E-state index contributed by atoms with van der Waals surface area (Å²) in [7, 11) is 1.10. The Hall–Kier alpha value is 0.375. The van der Waals surface area contributed by atoms with Crippen molar-refractivity contribution >= 4 is 18.5 Å². The van der Waals surface area contributed by atoms with Gasteiger partial charge in [0.2, 0.25) is 0 Å². The molecule has 0 radical (unpaired) electrons. The second-order valence-electron chi connectivity index (χ2n) is 1.63. The van der Waals surface area contributed by atoms with Gasteiger partial charge in [-0.3, -0.25) is 0 Å². The van der Waals surface area contributed by atoms with Crippen LogP contribution >= 0.6 is 0 Å². The summed E-state index contributed by atoms with van der Waals surface area (Å²) in [5.41, 5.74) is 0.872. The van der Waals surface area contributed by atoms with Gasteiger partial charge in [0.1, 0.15) is 0 Å². The van der Waals surface area contributed by atoms with Gasteiger partial charge in [0.15, 0.2) is 7.28 Å². The van der Waals surface area contributed by atoms with Crippen LogP contribution in [0.3, 0.4) is 0 Å². The maximum Gasteiger partial charge on any atom is 0.184 e. The van der Waals surface area contributed by atoms with Gasteiger partial charge in [0.05, 0.1) is 11.9 Å². The van der Waals surface area contributed by atoms with Crippen LogP contribution in [0.2, 0.25) is 6.32 Å². The lowest BCUT2D eigenvalue weighted by molar-refractivity contribution is 0.605. The van der Waals surface area contributed by atoms with Crippen molar-refractivity contribution < 1.29 is 4.55 Å². The molecular weight excluding hydrogens is 107 g/mol. The van der Waals surface area contributed by atoms with E-state index >= 15 is 0 Å². The summed E-state index contributed by atoms with van der Waals surface area (Å²) in [6.07, 6.45) is 2.90.